The minimum atomic E-state index is -0.594. The largest absolute Gasteiger partial charge is 0.503 e. The molecule has 16 heavy (non-hydrogen) atoms. The van der Waals surface area contributed by atoms with Crippen molar-refractivity contribution < 1.29 is 15.0 Å². The number of carbonyl (C=O) groups is 1. The summed E-state index contributed by atoms with van der Waals surface area (Å²) in [5.74, 6) is -1.59. The summed E-state index contributed by atoms with van der Waals surface area (Å²) in [6.07, 6.45) is 0. The molecule has 0 saturated carbocycles. The molecule has 1 aromatic carbocycles. The number of halogens is 2. The fraction of sp³-hybridized carbons (Fsp3) is 0.300. The number of nitrogens with one attached hydrogen (secondary N) is 1. The Morgan fingerprint density at radius 2 is 1.88 bits per heavy atom. The van der Waals surface area contributed by atoms with E-state index in [1.165, 1.54) is 6.07 Å². The van der Waals surface area contributed by atoms with E-state index in [9.17, 15) is 15.0 Å². The van der Waals surface area contributed by atoms with Crippen molar-refractivity contribution >= 4 is 29.1 Å². The van der Waals surface area contributed by atoms with Crippen LogP contribution >= 0.6 is 23.2 Å². The second-order valence-electron chi connectivity index (χ2n) is 3.55. The number of rotatable bonds is 2. The average molecular weight is 264 g/mol. The molecule has 0 fully saturated rings. The zero-order valence-electron chi connectivity index (χ0n) is 8.71. The number of phenols is 2. The molecule has 0 heterocycles. The first-order chi connectivity index (χ1) is 7.34. The Morgan fingerprint density at radius 1 is 1.31 bits per heavy atom. The van der Waals surface area contributed by atoms with Gasteiger partial charge in [0.2, 0.25) is 0 Å². The fourth-order valence-electron chi connectivity index (χ4n) is 1.11. The lowest BCUT2D eigenvalue weighted by molar-refractivity contribution is 0.0943. The maximum absolute atomic E-state index is 11.6. The van der Waals surface area contributed by atoms with Gasteiger partial charge in [-0.2, -0.15) is 0 Å². The van der Waals surface area contributed by atoms with Gasteiger partial charge in [-0.3, -0.25) is 4.79 Å². The Balaban J connectivity index is 3.20. The summed E-state index contributed by atoms with van der Waals surface area (Å²) in [6.45, 7) is 3.57. The molecule has 0 bridgehead atoms. The number of aromatic hydroxyl groups is 2. The van der Waals surface area contributed by atoms with E-state index in [4.69, 9.17) is 23.2 Å². The monoisotopic (exact) mass is 263 g/mol. The molecule has 0 unspecified atom stereocenters. The first kappa shape index (κ1) is 12.9. The van der Waals surface area contributed by atoms with Gasteiger partial charge in [-0.1, -0.05) is 23.2 Å². The number of benzene rings is 1. The molecule has 1 aromatic rings. The lowest BCUT2D eigenvalue weighted by Gasteiger charge is -2.11. The van der Waals surface area contributed by atoms with Crippen LogP contribution in [0.2, 0.25) is 10.0 Å². The highest BCUT2D eigenvalue weighted by molar-refractivity contribution is 6.38. The highest BCUT2D eigenvalue weighted by atomic mass is 35.5. The minimum absolute atomic E-state index is 0.0238. The molecule has 6 heteroatoms. The van der Waals surface area contributed by atoms with Crippen molar-refractivity contribution in [1.82, 2.24) is 5.32 Å². The molecule has 1 rings (SSSR count). The van der Waals surface area contributed by atoms with Crippen LogP contribution in [0.15, 0.2) is 6.07 Å². The van der Waals surface area contributed by atoms with Crippen LogP contribution in [-0.2, 0) is 0 Å². The Bertz CT molecular complexity index is 433. The molecule has 88 valence electrons. The summed E-state index contributed by atoms with van der Waals surface area (Å²) < 4.78 is 0. The van der Waals surface area contributed by atoms with Gasteiger partial charge in [0.25, 0.3) is 5.91 Å². The van der Waals surface area contributed by atoms with Crippen molar-refractivity contribution in [2.75, 3.05) is 0 Å². The normalized spacial score (nSPS) is 10.6. The van der Waals surface area contributed by atoms with E-state index in [0.29, 0.717) is 0 Å². The number of carbonyl (C=O) groups excluding carboxylic acids is 1. The van der Waals surface area contributed by atoms with E-state index in [1.807, 2.05) is 0 Å². The third-order valence-corrected chi connectivity index (χ3v) is 2.50. The molecule has 0 radical (unpaired) electrons. The Labute approximate surface area is 103 Å². The van der Waals surface area contributed by atoms with Crippen molar-refractivity contribution in [3.63, 3.8) is 0 Å². The van der Waals surface area contributed by atoms with Crippen molar-refractivity contribution in [1.29, 1.82) is 0 Å². The molecule has 1 amide bonds. The van der Waals surface area contributed by atoms with Crippen LogP contribution in [0.3, 0.4) is 0 Å². The molecule has 0 aliphatic heterocycles. The standard InChI is InChI=1S/C10H11Cl2NO3/c1-4(2)13-10(16)5-3-6(11)8(14)9(15)7(5)12/h3-4,14-15H,1-2H3,(H,13,16). The third-order valence-electron chi connectivity index (χ3n) is 1.83. The summed E-state index contributed by atoms with van der Waals surface area (Å²) in [6, 6.07) is 1.13. The number of hydrogen-bond acceptors (Lipinski definition) is 3. The molecule has 0 atom stereocenters. The molecular formula is C10H11Cl2NO3. The van der Waals surface area contributed by atoms with Gasteiger partial charge >= 0.3 is 0 Å². The van der Waals surface area contributed by atoms with Gasteiger partial charge in [0.05, 0.1) is 15.6 Å². The summed E-state index contributed by atoms with van der Waals surface area (Å²) in [4.78, 5) is 11.6. The van der Waals surface area contributed by atoms with E-state index >= 15 is 0 Å². The number of phenolic OH excluding ortho intramolecular Hbond substituents is 2. The third kappa shape index (κ3) is 2.51. The molecule has 3 N–H and O–H groups in total. The molecule has 4 nitrogen and oxygen atoms in total. The first-order valence-corrected chi connectivity index (χ1v) is 5.31. The molecule has 0 saturated heterocycles. The predicted octanol–water partition coefficient (Wildman–Crippen LogP) is 2.54. The van der Waals surface area contributed by atoms with E-state index in [0.717, 1.165) is 0 Å². The zero-order chi connectivity index (χ0) is 12.5. The Morgan fingerprint density at radius 3 is 2.38 bits per heavy atom. The Hall–Kier alpha value is -1.13. The highest BCUT2D eigenvalue weighted by Crippen LogP contribution is 2.41. The van der Waals surface area contributed by atoms with Crippen LogP contribution in [0.25, 0.3) is 0 Å². The van der Waals surface area contributed by atoms with Gasteiger partial charge in [0, 0.05) is 6.04 Å². The van der Waals surface area contributed by atoms with Crippen molar-refractivity contribution in [2.45, 2.75) is 19.9 Å². The highest BCUT2D eigenvalue weighted by Gasteiger charge is 2.19. The molecule has 0 spiro atoms. The van der Waals surface area contributed by atoms with Crippen LogP contribution in [-0.4, -0.2) is 22.2 Å². The number of amides is 1. The predicted molar refractivity (Wildman–Crippen MR) is 62.4 cm³/mol. The molecular weight excluding hydrogens is 253 g/mol. The van der Waals surface area contributed by atoms with Gasteiger partial charge in [-0.05, 0) is 19.9 Å². The summed E-state index contributed by atoms with van der Waals surface area (Å²) in [5, 5.41) is 20.9. The lowest BCUT2D eigenvalue weighted by atomic mass is 10.1. The Kier molecular flexibility index (Phi) is 3.88. The summed E-state index contributed by atoms with van der Waals surface area (Å²) in [7, 11) is 0. The fourth-order valence-corrected chi connectivity index (χ4v) is 1.54. The molecule has 0 aliphatic rings. The van der Waals surface area contributed by atoms with Crippen molar-refractivity contribution in [2.24, 2.45) is 0 Å². The summed E-state index contributed by atoms with van der Waals surface area (Å²) in [5.41, 5.74) is 0.0238. The van der Waals surface area contributed by atoms with Gasteiger partial charge in [-0.25, -0.2) is 0 Å². The van der Waals surface area contributed by atoms with E-state index in [1.54, 1.807) is 13.8 Å². The topological polar surface area (TPSA) is 69.6 Å². The zero-order valence-corrected chi connectivity index (χ0v) is 10.2. The minimum Gasteiger partial charge on any atom is -0.503 e. The second-order valence-corrected chi connectivity index (χ2v) is 4.33. The van der Waals surface area contributed by atoms with E-state index in [2.05, 4.69) is 5.32 Å². The lowest BCUT2D eigenvalue weighted by Crippen LogP contribution is -2.30. The second kappa shape index (κ2) is 4.80. The maximum Gasteiger partial charge on any atom is 0.253 e. The SMILES string of the molecule is CC(C)NC(=O)c1cc(Cl)c(O)c(O)c1Cl. The first-order valence-electron chi connectivity index (χ1n) is 4.55. The number of hydrogen-bond donors (Lipinski definition) is 3. The summed E-state index contributed by atoms with van der Waals surface area (Å²) >= 11 is 11.3. The van der Waals surface area contributed by atoms with Gasteiger partial charge in [0.1, 0.15) is 0 Å². The average Bonchev–Trinajstić information content (AvgIpc) is 2.19. The van der Waals surface area contributed by atoms with Crippen LogP contribution in [0.5, 0.6) is 11.5 Å². The maximum atomic E-state index is 11.6. The smallest absolute Gasteiger partial charge is 0.253 e. The van der Waals surface area contributed by atoms with Gasteiger partial charge in [-0.15, -0.1) is 0 Å². The van der Waals surface area contributed by atoms with Crippen LogP contribution < -0.4 is 5.32 Å². The van der Waals surface area contributed by atoms with Gasteiger partial charge in [0.15, 0.2) is 11.5 Å². The van der Waals surface area contributed by atoms with E-state index in [-0.39, 0.29) is 21.7 Å². The van der Waals surface area contributed by atoms with Gasteiger partial charge < -0.3 is 15.5 Å². The van der Waals surface area contributed by atoms with Crippen LogP contribution in [0, 0.1) is 0 Å². The van der Waals surface area contributed by atoms with E-state index < -0.39 is 17.4 Å². The molecule has 0 aliphatic carbocycles. The quantitative estimate of drug-likeness (QED) is 0.719. The van der Waals surface area contributed by atoms with Crippen molar-refractivity contribution in [3.8, 4) is 11.5 Å². The van der Waals surface area contributed by atoms with Crippen molar-refractivity contribution in [3.05, 3.63) is 21.7 Å². The molecule has 0 aromatic heterocycles. The van der Waals surface area contributed by atoms with Crippen LogP contribution in [0.4, 0.5) is 0 Å². The van der Waals surface area contributed by atoms with Crippen LogP contribution in [0.1, 0.15) is 24.2 Å².